The Morgan fingerprint density at radius 1 is 1.17 bits per heavy atom. The summed E-state index contributed by atoms with van der Waals surface area (Å²) >= 11 is 0. The van der Waals surface area contributed by atoms with E-state index in [-0.39, 0.29) is 11.8 Å². The van der Waals surface area contributed by atoms with E-state index < -0.39 is 9.84 Å². The Morgan fingerprint density at radius 2 is 1.91 bits per heavy atom. The Hall–Kier alpha value is -2.34. The van der Waals surface area contributed by atoms with Gasteiger partial charge < -0.3 is 9.72 Å². The van der Waals surface area contributed by atoms with Crippen molar-refractivity contribution in [2.75, 3.05) is 17.3 Å². The lowest BCUT2D eigenvalue weighted by atomic mass is 10.1. The second kappa shape index (κ2) is 6.04. The molecule has 0 radical (unpaired) electrons. The van der Waals surface area contributed by atoms with Crippen LogP contribution in [0, 0.1) is 0 Å². The number of hydrogen-bond donors (Lipinski definition) is 1. The van der Waals surface area contributed by atoms with Crippen LogP contribution in [-0.2, 0) is 9.84 Å². The monoisotopic (exact) mass is 329 g/mol. The van der Waals surface area contributed by atoms with Crippen LogP contribution in [0.2, 0.25) is 0 Å². The summed E-state index contributed by atoms with van der Waals surface area (Å²) in [6.45, 7) is 1.86. The molecule has 0 bridgehead atoms. The maximum Gasteiger partial charge on any atom is 0.149 e. The molecule has 3 aromatic rings. The summed E-state index contributed by atoms with van der Waals surface area (Å²) in [4.78, 5) is 4.59. The van der Waals surface area contributed by atoms with Crippen molar-refractivity contribution < 1.29 is 8.42 Å². The second-order valence-electron chi connectivity index (χ2n) is 5.81. The lowest BCUT2D eigenvalue weighted by Gasteiger charge is -2.14. The van der Waals surface area contributed by atoms with Crippen LogP contribution in [0.15, 0.2) is 54.9 Å². The summed E-state index contributed by atoms with van der Waals surface area (Å²) in [5.74, 6) is 0.112. The number of sulfone groups is 1. The maximum absolute atomic E-state index is 11.3. The minimum Gasteiger partial charge on any atom is -0.382 e. The van der Waals surface area contributed by atoms with Gasteiger partial charge in [-0.15, -0.1) is 0 Å². The molecular formula is C17H19N3O2S. The average molecular weight is 329 g/mol. The number of pyridine rings is 1. The van der Waals surface area contributed by atoms with Gasteiger partial charge in [-0.1, -0.05) is 18.2 Å². The average Bonchev–Trinajstić information content (AvgIpc) is 2.89. The summed E-state index contributed by atoms with van der Waals surface area (Å²) in [6.07, 6.45) is 5.20. The van der Waals surface area contributed by atoms with Crippen LogP contribution in [0.25, 0.3) is 16.9 Å². The summed E-state index contributed by atoms with van der Waals surface area (Å²) in [5.41, 5.74) is 3.74. The van der Waals surface area contributed by atoms with Crippen molar-refractivity contribution in [2.45, 2.75) is 13.0 Å². The molecule has 0 spiro atoms. The molecule has 1 atom stereocenters. The Labute approximate surface area is 135 Å². The molecule has 2 aromatic heterocycles. The number of hydrogen-bond acceptors (Lipinski definition) is 4. The van der Waals surface area contributed by atoms with Gasteiger partial charge in [0.25, 0.3) is 0 Å². The molecule has 0 aliphatic rings. The second-order valence-corrected chi connectivity index (χ2v) is 7.99. The van der Waals surface area contributed by atoms with Crippen LogP contribution >= 0.6 is 0 Å². The predicted octanol–water partition coefficient (Wildman–Crippen LogP) is 2.85. The normalized spacial score (nSPS) is 13.1. The first-order valence-corrected chi connectivity index (χ1v) is 9.45. The van der Waals surface area contributed by atoms with Gasteiger partial charge in [0.05, 0.1) is 11.4 Å². The highest BCUT2D eigenvalue weighted by Gasteiger charge is 2.10. The standard InChI is InChI=1S/C17H19N3O2S/c1-13(12-23(2,21)22)18-15-8-6-14(7-9-15)16-11-20-10-4-3-5-17(20)19-16/h3-11,13,18H,12H2,1-2H3/t13-/m1/s1. The largest absolute Gasteiger partial charge is 0.382 e. The zero-order valence-electron chi connectivity index (χ0n) is 13.1. The van der Waals surface area contributed by atoms with Crippen LogP contribution in [-0.4, -0.2) is 35.9 Å². The molecule has 0 fully saturated rings. The smallest absolute Gasteiger partial charge is 0.149 e. The van der Waals surface area contributed by atoms with Gasteiger partial charge in [-0.2, -0.15) is 0 Å². The van der Waals surface area contributed by atoms with Crippen molar-refractivity contribution in [3.63, 3.8) is 0 Å². The van der Waals surface area contributed by atoms with E-state index in [0.717, 1.165) is 22.6 Å². The Morgan fingerprint density at radius 3 is 2.57 bits per heavy atom. The van der Waals surface area contributed by atoms with Gasteiger partial charge in [0.1, 0.15) is 15.5 Å². The predicted molar refractivity (Wildman–Crippen MR) is 93.4 cm³/mol. The van der Waals surface area contributed by atoms with E-state index in [4.69, 9.17) is 0 Å². The highest BCUT2D eigenvalue weighted by Crippen LogP contribution is 2.21. The van der Waals surface area contributed by atoms with Crippen molar-refractivity contribution in [3.8, 4) is 11.3 Å². The molecule has 120 valence electrons. The van der Waals surface area contributed by atoms with E-state index in [2.05, 4.69) is 10.3 Å². The third-order valence-electron chi connectivity index (χ3n) is 3.51. The summed E-state index contributed by atoms with van der Waals surface area (Å²) < 4.78 is 24.6. The molecule has 0 unspecified atom stereocenters. The van der Waals surface area contributed by atoms with Crippen molar-refractivity contribution in [2.24, 2.45) is 0 Å². The molecule has 0 aliphatic carbocycles. The summed E-state index contributed by atoms with van der Waals surface area (Å²) in [7, 11) is -2.98. The first-order valence-electron chi connectivity index (χ1n) is 7.39. The van der Waals surface area contributed by atoms with Crippen molar-refractivity contribution in [3.05, 3.63) is 54.9 Å². The number of benzene rings is 1. The topological polar surface area (TPSA) is 63.5 Å². The number of rotatable bonds is 5. The Balaban J connectivity index is 1.76. The van der Waals surface area contributed by atoms with Crippen molar-refractivity contribution in [1.29, 1.82) is 0 Å². The number of anilines is 1. The van der Waals surface area contributed by atoms with Crippen molar-refractivity contribution >= 4 is 21.2 Å². The molecule has 6 heteroatoms. The fraction of sp³-hybridized carbons (Fsp3) is 0.235. The highest BCUT2D eigenvalue weighted by atomic mass is 32.2. The molecule has 5 nitrogen and oxygen atoms in total. The number of nitrogens with zero attached hydrogens (tertiary/aromatic N) is 2. The Bertz CT molecular complexity index is 881. The van der Waals surface area contributed by atoms with Gasteiger partial charge in [0.2, 0.25) is 0 Å². The molecular weight excluding hydrogens is 310 g/mol. The first kappa shape index (κ1) is 15.6. The summed E-state index contributed by atoms with van der Waals surface area (Å²) in [5, 5.41) is 3.20. The Kier molecular flexibility index (Phi) is 4.09. The fourth-order valence-electron chi connectivity index (χ4n) is 2.59. The lowest BCUT2D eigenvalue weighted by molar-refractivity contribution is 0.598. The number of imidazole rings is 1. The van der Waals surface area contributed by atoms with Crippen LogP contribution in [0.3, 0.4) is 0 Å². The van der Waals surface area contributed by atoms with Crippen LogP contribution < -0.4 is 5.32 Å². The van der Waals surface area contributed by atoms with E-state index in [0.29, 0.717) is 0 Å². The zero-order valence-corrected chi connectivity index (χ0v) is 13.9. The number of fused-ring (bicyclic) bond motifs is 1. The minimum atomic E-state index is -2.98. The molecule has 3 rings (SSSR count). The summed E-state index contributed by atoms with van der Waals surface area (Å²) in [6, 6.07) is 13.6. The lowest BCUT2D eigenvalue weighted by Crippen LogP contribution is -2.24. The molecule has 1 aromatic carbocycles. The highest BCUT2D eigenvalue weighted by molar-refractivity contribution is 7.90. The third kappa shape index (κ3) is 3.90. The van der Waals surface area contributed by atoms with Gasteiger partial charge in [-0.3, -0.25) is 0 Å². The van der Waals surface area contributed by atoms with E-state index in [9.17, 15) is 8.42 Å². The van der Waals surface area contributed by atoms with Crippen LogP contribution in [0.4, 0.5) is 5.69 Å². The van der Waals surface area contributed by atoms with E-state index in [1.165, 1.54) is 6.26 Å². The molecule has 23 heavy (non-hydrogen) atoms. The molecule has 1 N–H and O–H groups in total. The van der Waals surface area contributed by atoms with E-state index >= 15 is 0 Å². The van der Waals surface area contributed by atoms with Gasteiger partial charge in [-0.25, -0.2) is 13.4 Å². The van der Waals surface area contributed by atoms with Gasteiger partial charge in [0.15, 0.2) is 0 Å². The maximum atomic E-state index is 11.3. The molecule has 0 aliphatic heterocycles. The van der Waals surface area contributed by atoms with E-state index in [1.807, 2.05) is 66.2 Å². The van der Waals surface area contributed by atoms with Crippen LogP contribution in [0.1, 0.15) is 6.92 Å². The molecule has 0 saturated carbocycles. The third-order valence-corrected chi connectivity index (χ3v) is 4.62. The van der Waals surface area contributed by atoms with Gasteiger partial charge in [-0.05, 0) is 31.2 Å². The zero-order chi connectivity index (χ0) is 16.4. The van der Waals surface area contributed by atoms with Gasteiger partial charge >= 0.3 is 0 Å². The molecule has 0 saturated heterocycles. The van der Waals surface area contributed by atoms with Gasteiger partial charge in [0, 0.05) is 35.9 Å². The molecule has 0 amide bonds. The molecule has 2 heterocycles. The minimum absolute atomic E-state index is 0.112. The SMILES string of the molecule is C[C@H](CS(C)(=O)=O)Nc1ccc(-c2cn3ccccc3n2)cc1. The number of nitrogens with one attached hydrogen (secondary N) is 1. The number of aromatic nitrogens is 2. The van der Waals surface area contributed by atoms with E-state index in [1.54, 1.807) is 0 Å². The fourth-order valence-corrected chi connectivity index (χ4v) is 3.58. The van der Waals surface area contributed by atoms with Crippen molar-refractivity contribution in [1.82, 2.24) is 9.38 Å². The quantitative estimate of drug-likeness (QED) is 0.782. The first-order chi connectivity index (χ1) is 10.9. The van der Waals surface area contributed by atoms with Crippen LogP contribution in [0.5, 0.6) is 0 Å².